The van der Waals surface area contributed by atoms with Crippen LogP contribution in [0.4, 0.5) is 0 Å². The van der Waals surface area contributed by atoms with Crippen LogP contribution >= 0.6 is 12.2 Å². The second kappa shape index (κ2) is 8.46. The zero-order valence-electron chi connectivity index (χ0n) is 18.7. The largest absolute Gasteiger partial charge is 0.338 e. The van der Waals surface area contributed by atoms with Crippen molar-refractivity contribution in [2.75, 3.05) is 20.6 Å². The lowest BCUT2D eigenvalue weighted by molar-refractivity contribution is -0.135. The van der Waals surface area contributed by atoms with Crippen LogP contribution in [0.2, 0.25) is 0 Å². The van der Waals surface area contributed by atoms with Gasteiger partial charge in [0.2, 0.25) is 5.91 Å². The summed E-state index contributed by atoms with van der Waals surface area (Å²) in [5, 5.41) is 1.54. The van der Waals surface area contributed by atoms with Gasteiger partial charge in [0.15, 0.2) is 5.11 Å². The Kier molecular flexibility index (Phi) is 5.88. The topological polar surface area (TPSA) is 48.8 Å². The summed E-state index contributed by atoms with van der Waals surface area (Å²) in [6.07, 6.45) is 8.10. The van der Waals surface area contributed by atoms with Gasteiger partial charge in [-0.25, -0.2) is 0 Å². The summed E-state index contributed by atoms with van der Waals surface area (Å²) in [5.41, 5.74) is 3.74. The molecule has 31 heavy (non-hydrogen) atoms. The van der Waals surface area contributed by atoms with Gasteiger partial charge in [0.1, 0.15) is 12.2 Å². The second-order valence-electron chi connectivity index (χ2n) is 8.55. The van der Waals surface area contributed by atoms with Crippen LogP contribution in [0.3, 0.4) is 0 Å². The Morgan fingerprint density at radius 2 is 2.00 bits per heavy atom. The summed E-state index contributed by atoms with van der Waals surface area (Å²) in [6.45, 7) is 5.41. The van der Waals surface area contributed by atoms with Crippen LogP contribution in [0.15, 0.2) is 30.1 Å². The summed E-state index contributed by atoms with van der Waals surface area (Å²) < 4.78 is 2.06. The molecule has 0 bridgehead atoms. The van der Waals surface area contributed by atoms with E-state index < -0.39 is 0 Å². The van der Waals surface area contributed by atoms with E-state index in [0.717, 1.165) is 42.3 Å². The Bertz CT molecular complexity index is 1090. The van der Waals surface area contributed by atoms with Crippen molar-refractivity contribution >= 4 is 46.1 Å². The fourth-order valence-corrected chi connectivity index (χ4v) is 4.91. The second-order valence-corrected chi connectivity index (χ2v) is 8.91. The molecule has 2 aromatic rings. The van der Waals surface area contributed by atoms with Crippen LogP contribution in [0, 0.1) is 0 Å². The maximum absolute atomic E-state index is 13.2. The minimum Gasteiger partial charge on any atom is -0.338 e. The minimum absolute atomic E-state index is 0.113. The quantitative estimate of drug-likeness (QED) is 0.540. The molecule has 0 saturated carbocycles. The smallest absolute Gasteiger partial charge is 0.276 e. The summed E-state index contributed by atoms with van der Waals surface area (Å²) in [6, 6.07) is 6.50. The number of likely N-dealkylation sites (tertiary alicyclic amines) is 1. The molecule has 0 radical (unpaired) electrons. The van der Waals surface area contributed by atoms with Crippen LogP contribution in [-0.4, -0.2) is 62.9 Å². The first-order valence-electron chi connectivity index (χ1n) is 11.0. The van der Waals surface area contributed by atoms with E-state index in [1.165, 1.54) is 16.9 Å². The molecule has 6 nitrogen and oxygen atoms in total. The van der Waals surface area contributed by atoms with Gasteiger partial charge >= 0.3 is 0 Å². The van der Waals surface area contributed by atoms with Crippen LogP contribution in [0.5, 0.6) is 0 Å². The van der Waals surface area contributed by atoms with Crippen LogP contribution in [-0.2, 0) is 22.6 Å². The van der Waals surface area contributed by atoms with Crippen molar-refractivity contribution in [2.24, 2.45) is 0 Å². The summed E-state index contributed by atoms with van der Waals surface area (Å²) in [7, 11) is 3.51. The molecular formula is C24H30N4O2S. The fourth-order valence-electron chi connectivity index (χ4n) is 4.73. The summed E-state index contributed by atoms with van der Waals surface area (Å²) >= 11 is 5.35. The number of likely N-dealkylation sites (N-methyl/N-ethyl adjacent to an activating group) is 2. The average Bonchev–Trinajstić information content (AvgIpc) is 3.20. The molecule has 2 aliphatic rings. The van der Waals surface area contributed by atoms with Crippen molar-refractivity contribution in [1.82, 2.24) is 19.3 Å². The van der Waals surface area contributed by atoms with E-state index in [-0.39, 0.29) is 17.9 Å². The fraction of sp³-hybridized carbons (Fsp3) is 0.458. The molecule has 1 atom stereocenters. The maximum Gasteiger partial charge on any atom is 0.276 e. The van der Waals surface area contributed by atoms with Crippen molar-refractivity contribution in [1.29, 1.82) is 0 Å². The third-order valence-corrected chi connectivity index (χ3v) is 7.12. The average molecular weight is 439 g/mol. The first kappa shape index (κ1) is 21.6. The van der Waals surface area contributed by atoms with E-state index in [1.807, 2.05) is 30.3 Å². The molecule has 2 amide bonds. The summed E-state index contributed by atoms with van der Waals surface area (Å²) in [4.78, 5) is 31.1. The Morgan fingerprint density at radius 1 is 1.23 bits per heavy atom. The van der Waals surface area contributed by atoms with Crippen molar-refractivity contribution in [3.8, 4) is 0 Å². The van der Waals surface area contributed by atoms with Gasteiger partial charge in [0.25, 0.3) is 5.91 Å². The molecule has 3 heterocycles. The molecule has 2 fully saturated rings. The van der Waals surface area contributed by atoms with Gasteiger partial charge in [-0.1, -0.05) is 25.1 Å². The van der Waals surface area contributed by atoms with Crippen molar-refractivity contribution < 1.29 is 9.59 Å². The number of aryl methyl sites for hydroxylation is 1. The number of carbonyl (C=O) groups is 2. The van der Waals surface area contributed by atoms with E-state index >= 15 is 0 Å². The van der Waals surface area contributed by atoms with Gasteiger partial charge in [-0.2, -0.15) is 0 Å². The number of piperidine rings is 1. The molecule has 0 unspecified atom stereocenters. The third kappa shape index (κ3) is 3.76. The molecule has 0 N–H and O–H groups in total. The first-order chi connectivity index (χ1) is 14.8. The van der Waals surface area contributed by atoms with E-state index in [0.29, 0.717) is 17.4 Å². The zero-order chi connectivity index (χ0) is 22.3. The molecule has 0 spiro atoms. The van der Waals surface area contributed by atoms with E-state index in [4.69, 9.17) is 12.2 Å². The molecule has 2 saturated heterocycles. The van der Waals surface area contributed by atoms with Crippen molar-refractivity contribution in [3.05, 3.63) is 41.2 Å². The number of rotatable bonds is 4. The predicted octanol–water partition coefficient (Wildman–Crippen LogP) is 3.63. The molecule has 0 aliphatic carbocycles. The third-order valence-electron chi connectivity index (χ3n) is 6.57. The number of carbonyl (C=O) groups excluding carboxylic acids is 2. The van der Waals surface area contributed by atoms with E-state index in [1.54, 1.807) is 11.9 Å². The van der Waals surface area contributed by atoms with Gasteiger partial charge in [-0.3, -0.25) is 14.5 Å². The number of fused-ring (bicyclic) bond motifs is 1. The Labute approximate surface area is 189 Å². The molecule has 7 heteroatoms. The number of benzene rings is 1. The Balaban J connectivity index is 1.77. The minimum atomic E-state index is -0.113. The molecule has 2 aliphatic heterocycles. The van der Waals surface area contributed by atoms with Gasteiger partial charge < -0.3 is 14.4 Å². The highest BCUT2D eigenvalue weighted by atomic mass is 32.1. The highest BCUT2D eigenvalue weighted by Crippen LogP contribution is 2.30. The first-order valence-corrected chi connectivity index (χ1v) is 11.4. The zero-order valence-corrected chi connectivity index (χ0v) is 19.5. The van der Waals surface area contributed by atoms with E-state index in [2.05, 4.69) is 30.5 Å². The number of amides is 2. The highest BCUT2D eigenvalue weighted by molar-refractivity contribution is 7.80. The standard InChI is InChI=1S/C24H30N4O2S/c1-5-17-10-8-11-19-18(13-20-23(30)26(4)24(31)25(20)3)14-27(22(17)19)15-21(29)28-12-7-6-9-16(28)2/h8,10-11,13-14,16H,5-7,9,12,15H2,1-4H3/b20-13-/t16-/m0/s1. The molecule has 1 aromatic heterocycles. The van der Waals surface area contributed by atoms with E-state index in [9.17, 15) is 9.59 Å². The number of thiocarbonyl (C=S) groups is 1. The number of hydrogen-bond acceptors (Lipinski definition) is 3. The normalized spacial score (nSPS) is 21.1. The predicted molar refractivity (Wildman–Crippen MR) is 127 cm³/mol. The van der Waals surface area contributed by atoms with Crippen LogP contribution in [0.25, 0.3) is 17.0 Å². The lowest BCUT2D eigenvalue weighted by Gasteiger charge is -2.33. The monoisotopic (exact) mass is 438 g/mol. The Morgan fingerprint density at radius 3 is 2.65 bits per heavy atom. The lowest BCUT2D eigenvalue weighted by atomic mass is 10.0. The highest BCUT2D eigenvalue weighted by Gasteiger charge is 2.33. The van der Waals surface area contributed by atoms with Gasteiger partial charge in [-0.15, -0.1) is 0 Å². The molecule has 4 rings (SSSR count). The lowest BCUT2D eigenvalue weighted by Crippen LogP contribution is -2.43. The SMILES string of the molecule is CCc1cccc2c(/C=C3/C(=O)N(C)C(=S)N3C)cn(CC(=O)N3CCCC[C@@H]3C)c12. The Hall–Kier alpha value is -2.67. The van der Waals surface area contributed by atoms with Gasteiger partial charge in [0.05, 0.1) is 5.52 Å². The maximum atomic E-state index is 13.2. The number of para-hydroxylation sites is 1. The van der Waals surface area contributed by atoms with Crippen molar-refractivity contribution in [3.63, 3.8) is 0 Å². The van der Waals surface area contributed by atoms with Gasteiger partial charge in [0, 0.05) is 43.8 Å². The van der Waals surface area contributed by atoms with Crippen molar-refractivity contribution in [2.45, 2.75) is 52.1 Å². The summed E-state index contributed by atoms with van der Waals surface area (Å²) in [5.74, 6) is 0.0439. The van der Waals surface area contributed by atoms with Crippen LogP contribution in [0.1, 0.15) is 44.2 Å². The molecule has 164 valence electrons. The molecule has 1 aromatic carbocycles. The number of hydrogen-bond donors (Lipinski definition) is 0. The van der Waals surface area contributed by atoms with Gasteiger partial charge in [-0.05, 0) is 56.5 Å². The molecular weight excluding hydrogens is 408 g/mol. The number of aromatic nitrogens is 1. The number of nitrogens with zero attached hydrogens (tertiary/aromatic N) is 4. The van der Waals surface area contributed by atoms with Crippen LogP contribution < -0.4 is 0 Å².